The van der Waals surface area contributed by atoms with Crippen LogP contribution in [0.4, 0.5) is 0 Å². The number of benzene rings is 1. The number of carbonyl (C=O) groups is 2. The Morgan fingerprint density at radius 1 is 1.22 bits per heavy atom. The lowest BCUT2D eigenvalue weighted by molar-refractivity contribution is -0.143. The minimum Gasteiger partial charge on any atom is -0.493 e. The van der Waals surface area contributed by atoms with Crippen LogP contribution in [0.5, 0.6) is 5.75 Å². The van der Waals surface area contributed by atoms with E-state index in [4.69, 9.17) is 14.0 Å². The number of amides is 1. The van der Waals surface area contributed by atoms with Crippen LogP contribution in [0.2, 0.25) is 0 Å². The van der Waals surface area contributed by atoms with Gasteiger partial charge < -0.3 is 19.3 Å². The molecule has 27 heavy (non-hydrogen) atoms. The third kappa shape index (κ3) is 4.95. The normalized spacial score (nSPS) is 10.4. The van der Waals surface area contributed by atoms with Crippen molar-refractivity contribution in [2.24, 2.45) is 0 Å². The van der Waals surface area contributed by atoms with Gasteiger partial charge in [0.1, 0.15) is 24.6 Å². The molecular weight excluding hydrogens is 368 g/mol. The molecule has 1 aromatic carbocycles. The zero-order chi connectivity index (χ0) is 19.1. The van der Waals surface area contributed by atoms with Crippen LogP contribution in [-0.4, -0.2) is 30.2 Å². The van der Waals surface area contributed by atoms with Crippen molar-refractivity contribution >= 4 is 23.2 Å². The Bertz CT molecular complexity index is 904. The fourth-order valence-corrected chi connectivity index (χ4v) is 2.98. The summed E-state index contributed by atoms with van der Waals surface area (Å²) in [6, 6.07) is 12.4. The summed E-state index contributed by atoms with van der Waals surface area (Å²) in [7, 11) is 0. The van der Waals surface area contributed by atoms with Gasteiger partial charge in [-0.05, 0) is 30.5 Å². The predicted molar refractivity (Wildman–Crippen MR) is 99.6 cm³/mol. The second-order valence-electron chi connectivity index (χ2n) is 5.43. The van der Waals surface area contributed by atoms with Crippen molar-refractivity contribution in [2.45, 2.75) is 13.5 Å². The van der Waals surface area contributed by atoms with Gasteiger partial charge in [0.05, 0.1) is 17.0 Å². The quantitative estimate of drug-likeness (QED) is 0.598. The van der Waals surface area contributed by atoms with Gasteiger partial charge in [0, 0.05) is 6.07 Å². The lowest BCUT2D eigenvalue weighted by atomic mass is 10.2. The van der Waals surface area contributed by atoms with Gasteiger partial charge in [-0.3, -0.25) is 9.59 Å². The molecule has 3 aromatic rings. The first-order valence-electron chi connectivity index (χ1n) is 8.32. The van der Waals surface area contributed by atoms with E-state index in [0.717, 1.165) is 4.88 Å². The SMILES string of the molecule is CCOc1ccccc1C(=O)NCC(=O)OCc1cc(-c2cccs2)on1. The zero-order valence-corrected chi connectivity index (χ0v) is 15.5. The number of nitrogens with one attached hydrogen (secondary N) is 1. The Kier molecular flexibility index (Phi) is 6.22. The summed E-state index contributed by atoms with van der Waals surface area (Å²) in [5.41, 5.74) is 0.865. The molecule has 0 saturated carbocycles. The number of hydrogen-bond donors (Lipinski definition) is 1. The molecule has 0 unspecified atom stereocenters. The summed E-state index contributed by atoms with van der Waals surface area (Å²) < 4.78 is 15.7. The van der Waals surface area contributed by atoms with E-state index in [-0.39, 0.29) is 13.2 Å². The summed E-state index contributed by atoms with van der Waals surface area (Å²) in [6.07, 6.45) is 0. The molecule has 2 aromatic heterocycles. The Labute approximate surface area is 159 Å². The monoisotopic (exact) mass is 386 g/mol. The second-order valence-corrected chi connectivity index (χ2v) is 6.38. The van der Waals surface area contributed by atoms with E-state index in [0.29, 0.717) is 29.4 Å². The number of carbonyl (C=O) groups excluding carboxylic acids is 2. The summed E-state index contributed by atoms with van der Waals surface area (Å²) >= 11 is 1.53. The lowest BCUT2D eigenvalue weighted by Gasteiger charge is -2.10. The molecule has 0 aliphatic carbocycles. The van der Waals surface area contributed by atoms with E-state index in [9.17, 15) is 9.59 Å². The molecule has 0 spiro atoms. The van der Waals surface area contributed by atoms with Crippen LogP contribution in [-0.2, 0) is 16.1 Å². The van der Waals surface area contributed by atoms with E-state index >= 15 is 0 Å². The number of para-hydroxylation sites is 1. The standard InChI is InChI=1S/C19H18N2O5S/c1-2-24-15-7-4-3-6-14(15)19(23)20-11-18(22)25-12-13-10-16(26-21-13)17-8-5-9-27-17/h3-10H,2,11-12H2,1H3,(H,20,23). The molecule has 1 amide bonds. The van der Waals surface area contributed by atoms with Crippen molar-refractivity contribution in [2.75, 3.05) is 13.2 Å². The molecule has 0 aliphatic heterocycles. The van der Waals surface area contributed by atoms with E-state index in [2.05, 4.69) is 10.5 Å². The number of aromatic nitrogens is 1. The fourth-order valence-electron chi connectivity index (χ4n) is 2.30. The van der Waals surface area contributed by atoms with Crippen LogP contribution in [0.15, 0.2) is 52.4 Å². The number of rotatable bonds is 8. The van der Waals surface area contributed by atoms with Crippen molar-refractivity contribution in [3.8, 4) is 16.4 Å². The topological polar surface area (TPSA) is 90.7 Å². The highest BCUT2D eigenvalue weighted by Crippen LogP contribution is 2.25. The fraction of sp³-hybridized carbons (Fsp3) is 0.211. The molecule has 0 saturated heterocycles. The maximum atomic E-state index is 12.2. The maximum Gasteiger partial charge on any atom is 0.325 e. The minimum absolute atomic E-state index is 0.0287. The van der Waals surface area contributed by atoms with Gasteiger partial charge >= 0.3 is 5.97 Å². The molecule has 0 aliphatic rings. The summed E-state index contributed by atoms with van der Waals surface area (Å²) in [6.45, 7) is 1.99. The molecule has 0 bridgehead atoms. The van der Waals surface area contributed by atoms with Crippen molar-refractivity contribution in [1.82, 2.24) is 10.5 Å². The van der Waals surface area contributed by atoms with Gasteiger partial charge in [0.2, 0.25) is 0 Å². The van der Waals surface area contributed by atoms with Crippen molar-refractivity contribution in [3.05, 3.63) is 59.1 Å². The van der Waals surface area contributed by atoms with Crippen LogP contribution in [0, 0.1) is 0 Å². The number of esters is 1. The van der Waals surface area contributed by atoms with Crippen LogP contribution in [0.25, 0.3) is 10.6 Å². The predicted octanol–water partition coefficient (Wildman–Crippen LogP) is 3.28. The highest BCUT2D eigenvalue weighted by Gasteiger charge is 2.14. The third-order valence-electron chi connectivity index (χ3n) is 3.53. The van der Waals surface area contributed by atoms with Gasteiger partial charge in [-0.25, -0.2) is 0 Å². The molecule has 0 radical (unpaired) electrons. The lowest BCUT2D eigenvalue weighted by Crippen LogP contribution is -2.30. The molecule has 7 nitrogen and oxygen atoms in total. The molecule has 1 N–H and O–H groups in total. The van der Waals surface area contributed by atoms with Crippen LogP contribution in [0.1, 0.15) is 23.0 Å². The van der Waals surface area contributed by atoms with E-state index in [1.807, 2.05) is 24.4 Å². The largest absolute Gasteiger partial charge is 0.493 e. The number of hydrogen-bond acceptors (Lipinski definition) is 7. The Morgan fingerprint density at radius 3 is 2.85 bits per heavy atom. The first-order valence-corrected chi connectivity index (χ1v) is 9.20. The highest BCUT2D eigenvalue weighted by molar-refractivity contribution is 7.13. The molecule has 8 heteroatoms. The molecule has 0 atom stereocenters. The Hall–Kier alpha value is -3.13. The van der Waals surface area contributed by atoms with Crippen LogP contribution >= 0.6 is 11.3 Å². The van der Waals surface area contributed by atoms with Crippen LogP contribution < -0.4 is 10.1 Å². The summed E-state index contributed by atoms with van der Waals surface area (Å²) in [5, 5.41) is 8.33. The maximum absolute atomic E-state index is 12.2. The Balaban J connectivity index is 1.48. The Morgan fingerprint density at radius 2 is 2.07 bits per heavy atom. The second kappa shape index (κ2) is 9.00. The van der Waals surface area contributed by atoms with Gasteiger partial charge in [-0.2, -0.15) is 0 Å². The number of nitrogens with zero attached hydrogens (tertiary/aromatic N) is 1. The minimum atomic E-state index is -0.571. The molecule has 3 rings (SSSR count). The summed E-state index contributed by atoms with van der Waals surface area (Å²) in [4.78, 5) is 25.0. The first kappa shape index (κ1) is 18.7. The zero-order valence-electron chi connectivity index (χ0n) is 14.6. The van der Waals surface area contributed by atoms with Crippen LogP contribution in [0.3, 0.4) is 0 Å². The van der Waals surface area contributed by atoms with Gasteiger partial charge in [-0.15, -0.1) is 11.3 Å². The average molecular weight is 386 g/mol. The van der Waals surface area contributed by atoms with Gasteiger partial charge in [-0.1, -0.05) is 23.4 Å². The van der Waals surface area contributed by atoms with E-state index < -0.39 is 11.9 Å². The van der Waals surface area contributed by atoms with E-state index in [1.165, 1.54) is 11.3 Å². The molecule has 140 valence electrons. The molecule has 0 fully saturated rings. The van der Waals surface area contributed by atoms with Gasteiger partial charge in [0.25, 0.3) is 5.91 Å². The van der Waals surface area contributed by atoms with E-state index in [1.54, 1.807) is 30.3 Å². The third-order valence-corrected chi connectivity index (χ3v) is 4.41. The first-order chi connectivity index (χ1) is 13.2. The number of ether oxygens (including phenoxy) is 2. The smallest absolute Gasteiger partial charge is 0.325 e. The molecule has 2 heterocycles. The highest BCUT2D eigenvalue weighted by atomic mass is 32.1. The van der Waals surface area contributed by atoms with Crippen molar-refractivity contribution < 1.29 is 23.6 Å². The van der Waals surface area contributed by atoms with Crippen molar-refractivity contribution in [1.29, 1.82) is 0 Å². The number of thiophene rings is 1. The summed E-state index contributed by atoms with van der Waals surface area (Å²) in [5.74, 6) is 0.113. The molecular formula is C19H18N2O5S. The average Bonchev–Trinajstić information content (AvgIpc) is 3.36. The van der Waals surface area contributed by atoms with Crippen molar-refractivity contribution in [3.63, 3.8) is 0 Å². The van der Waals surface area contributed by atoms with Gasteiger partial charge in [0.15, 0.2) is 5.76 Å².